The van der Waals surface area contributed by atoms with Crippen LogP contribution in [0.3, 0.4) is 0 Å². The molecule has 2 aliphatic heterocycles. The summed E-state index contributed by atoms with van der Waals surface area (Å²) in [6, 6.07) is 13.3. The van der Waals surface area contributed by atoms with Crippen molar-refractivity contribution < 1.29 is 19.1 Å². The topological polar surface area (TPSA) is 184 Å². The van der Waals surface area contributed by atoms with E-state index in [-0.39, 0.29) is 30.7 Å². The number of nitrogens with zero attached hydrogens (tertiary/aromatic N) is 3. The Morgan fingerprint density at radius 3 is 2.51 bits per heavy atom. The van der Waals surface area contributed by atoms with Gasteiger partial charge in [0.2, 0.25) is 17.7 Å². The number of carbonyl (C=O) groups is 3. The maximum absolute atomic E-state index is 14.5. The summed E-state index contributed by atoms with van der Waals surface area (Å²) >= 11 is 8.54. The summed E-state index contributed by atoms with van der Waals surface area (Å²) in [6.07, 6.45) is 6.62. The number of hydrogen-bond acceptors (Lipinski definition) is 10. The predicted molar refractivity (Wildman–Crippen MR) is 217 cm³/mol. The molecule has 294 valence electrons. The van der Waals surface area contributed by atoms with Gasteiger partial charge in [-0.1, -0.05) is 47.6 Å². The van der Waals surface area contributed by atoms with Crippen molar-refractivity contribution in [3.8, 4) is 0 Å². The Bertz CT molecular complexity index is 1940. The van der Waals surface area contributed by atoms with Crippen LogP contribution in [0.5, 0.6) is 0 Å². The van der Waals surface area contributed by atoms with Crippen LogP contribution in [0.2, 0.25) is 5.02 Å². The molecule has 0 spiro atoms. The highest BCUT2D eigenvalue weighted by Gasteiger charge is 2.34. The number of likely N-dealkylation sites (N-methyl/N-ethyl adjacent to an activating group) is 1. The number of morpholine rings is 1. The van der Waals surface area contributed by atoms with Crippen LogP contribution in [0, 0.1) is 0 Å². The number of benzene rings is 2. The Kier molecular flexibility index (Phi) is 14.4. The number of aromatic nitrogens is 2. The Labute approximate surface area is 331 Å². The number of nitrogens with one attached hydrogen (secondary N) is 4. The first kappa shape index (κ1) is 40.5. The molecule has 0 radical (unpaired) electrons. The van der Waals surface area contributed by atoms with Crippen LogP contribution in [-0.4, -0.2) is 97.2 Å². The largest absolute Gasteiger partial charge is 0.378 e. The van der Waals surface area contributed by atoms with Gasteiger partial charge in [0.15, 0.2) is 0 Å². The number of anilines is 1. The van der Waals surface area contributed by atoms with Gasteiger partial charge in [-0.25, -0.2) is 4.98 Å². The van der Waals surface area contributed by atoms with E-state index in [0.717, 1.165) is 56.3 Å². The van der Waals surface area contributed by atoms with Crippen molar-refractivity contribution in [1.82, 2.24) is 30.8 Å². The van der Waals surface area contributed by atoms with Gasteiger partial charge < -0.3 is 46.9 Å². The predicted octanol–water partition coefficient (Wildman–Crippen LogP) is 3.71. The first-order chi connectivity index (χ1) is 26.8. The molecular formula is C40H52ClN9O4S. The van der Waals surface area contributed by atoms with E-state index in [1.54, 1.807) is 13.2 Å². The first-order valence-electron chi connectivity index (χ1n) is 19.1. The Morgan fingerprint density at radius 1 is 0.927 bits per heavy atom. The number of pyridine rings is 1. The molecule has 1 fully saturated rings. The van der Waals surface area contributed by atoms with Crippen molar-refractivity contribution in [3.63, 3.8) is 0 Å². The number of aromatic amines is 1. The molecule has 0 bridgehead atoms. The highest BCUT2D eigenvalue weighted by atomic mass is 35.5. The normalized spacial score (nSPS) is 20.4. The SMILES string of the molecule is CN1C(=O)[C@H](CCCCN)NC(=O)[C@H](CCCN)NCc2cccnc2Sc2c(Cl)cc(N3CCOCC3)cc2CNC(=O)[C@@H]1Cc1c[nH]c2ccccc12. The number of ether oxygens (including phenoxy) is 1. The molecule has 4 heterocycles. The van der Waals surface area contributed by atoms with E-state index in [9.17, 15) is 14.4 Å². The van der Waals surface area contributed by atoms with Gasteiger partial charge in [0, 0.05) is 73.5 Å². The quantitative estimate of drug-likeness (QED) is 0.130. The minimum absolute atomic E-state index is 0.156. The standard InChI is InChI=1S/C40H52ClN9O4S/c1-49-35(21-27-24-45-32-10-3-2-9-30(27)32)38(52)47-25-28-20-29(50-16-18-54-19-17-50)22-31(41)36(28)55-39-26(8-7-15-44-39)23-46-33(12-6-14-43)37(51)48-34(40(49)53)11-4-5-13-42/h2-3,7-10,15,20,22,24,33-35,45-46H,4-6,11-14,16-19,21,23,25,42-43H2,1H3,(H,47,52)(H,48,51)/t33-,34-,35-/m0/s1. The van der Waals surface area contributed by atoms with Crippen LogP contribution in [0.1, 0.15) is 48.8 Å². The lowest BCUT2D eigenvalue weighted by atomic mass is 10.0. The number of carbonyl (C=O) groups excluding carboxylic acids is 3. The van der Waals surface area contributed by atoms with Gasteiger partial charge in [-0.2, -0.15) is 0 Å². The van der Waals surface area contributed by atoms with Crippen LogP contribution in [0.25, 0.3) is 10.9 Å². The molecule has 15 heteroatoms. The lowest BCUT2D eigenvalue weighted by molar-refractivity contribution is -0.142. The number of halogens is 1. The molecule has 0 aliphatic carbocycles. The van der Waals surface area contributed by atoms with E-state index < -0.39 is 18.1 Å². The van der Waals surface area contributed by atoms with E-state index in [4.69, 9.17) is 32.8 Å². The third-order valence-electron chi connectivity index (χ3n) is 10.3. The minimum atomic E-state index is -0.904. The van der Waals surface area contributed by atoms with Crippen LogP contribution < -0.4 is 32.3 Å². The fraction of sp³-hybridized carbons (Fsp3) is 0.450. The number of rotatable bonds is 10. The fourth-order valence-electron chi connectivity index (χ4n) is 7.15. The maximum atomic E-state index is 14.5. The molecule has 0 unspecified atom stereocenters. The van der Waals surface area contributed by atoms with Gasteiger partial charge in [0.25, 0.3) is 0 Å². The molecule has 3 atom stereocenters. The maximum Gasteiger partial charge on any atom is 0.245 e. The number of fused-ring (bicyclic) bond motifs is 3. The molecule has 13 nitrogen and oxygen atoms in total. The van der Waals surface area contributed by atoms with Crippen molar-refractivity contribution in [3.05, 3.63) is 82.6 Å². The lowest BCUT2D eigenvalue weighted by Crippen LogP contribution is -2.57. The van der Waals surface area contributed by atoms with Crippen molar-refractivity contribution in [2.75, 3.05) is 51.3 Å². The summed E-state index contributed by atoms with van der Waals surface area (Å²) in [5.41, 5.74) is 16.2. The van der Waals surface area contributed by atoms with E-state index in [1.165, 1.54) is 16.7 Å². The summed E-state index contributed by atoms with van der Waals surface area (Å²) in [6.45, 7) is 4.02. The third kappa shape index (κ3) is 10.2. The number of nitrogens with two attached hydrogens (primary N) is 2. The van der Waals surface area contributed by atoms with E-state index in [1.807, 2.05) is 48.7 Å². The molecule has 1 saturated heterocycles. The summed E-state index contributed by atoms with van der Waals surface area (Å²) in [7, 11) is 1.64. The van der Waals surface area contributed by atoms with Crippen molar-refractivity contribution in [2.24, 2.45) is 11.5 Å². The van der Waals surface area contributed by atoms with Gasteiger partial charge in [0.1, 0.15) is 17.1 Å². The number of amides is 3. The second-order valence-electron chi connectivity index (χ2n) is 14.0. The fourth-order valence-corrected chi connectivity index (χ4v) is 8.49. The second-order valence-corrected chi connectivity index (χ2v) is 15.4. The molecule has 3 amide bonds. The monoisotopic (exact) mass is 789 g/mol. The summed E-state index contributed by atoms with van der Waals surface area (Å²) < 4.78 is 5.61. The highest BCUT2D eigenvalue weighted by molar-refractivity contribution is 7.99. The Balaban J connectivity index is 1.42. The smallest absolute Gasteiger partial charge is 0.245 e. The van der Waals surface area contributed by atoms with Crippen LogP contribution in [0.15, 0.2) is 70.8 Å². The van der Waals surface area contributed by atoms with Gasteiger partial charge in [0.05, 0.1) is 24.3 Å². The Hall–Kier alpha value is -4.18. The van der Waals surface area contributed by atoms with Crippen LogP contribution >= 0.6 is 23.4 Å². The molecule has 4 aromatic rings. The third-order valence-corrected chi connectivity index (χ3v) is 12.0. The average molecular weight is 790 g/mol. The van der Waals surface area contributed by atoms with Crippen molar-refractivity contribution >= 4 is 57.7 Å². The zero-order chi connectivity index (χ0) is 38.7. The minimum Gasteiger partial charge on any atom is -0.378 e. The summed E-state index contributed by atoms with van der Waals surface area (Å²) in [4.78, 5) is 55.6. The van der Waals surface area contributed by atoms with Crippen molar-refractivity contribution in [1.29, 1.82) is 0 Å². The van der Waals surface area contributed by atoms with E-state index in [0.29, 0.717) is 70.0 Å². The molecular weight excluding hydrogens is 738 g/mol. The van der Waals surface area contributed by atoms with E-state index >= 15 is 0 Å². The molecule has 6 rings (SSSR count). The molecule has 8 N–H and O–H groups in total. The number of H-pyrrole nitrogens is 1. The average Bonchev–Trinajstić information content (AvgIpc) is 3.62. The number of hydrogen-bond donors (Lipinski definition) is 6. The van der Waals surface area contributed by atoms with Gasteiger partial charge in [-0.05, 0) is 86.1 Å². The lowest BCUT2D eigenvalue weighted by Gasteiger charge is -2.32. The molecule has 2 aromatic heterocycles. The molecule has 2 aliphatic rings. The van der Waals surface area contributed by atoms with Gasteiger partial charge in [-0.3, -0.25) is 14.4 Å². The van der Waals surface area contributed by atoms with Gasteiger partial charge >= 0.3 is 0 Å². The Morgan fingerprint density at radius 2 is 1.71 bits per heavy atom. The van der Waals surface area contributed by atoms with E-state index in [2.05, 4.69) is 31.9 Å². The summed E-state index contributed by atoms with van der Waals surface area (Å²) in [5, 5.41) is 11.9. The summed E-state index contributed by atoms with van der Waals surface area (Å²) in [5.74, 6) is -0.991. The molecule has 0 saturated carbocycles. The first-order valence-corrected chi connectivity index (χ1v) is 20.3. The highest BCUT2D eigenvalue weighted by Crippen LogP contribution is 2.40. The number of unbranched alkanes of at least 4 members (excludes halogenated alkanes) is 1. The molecule has 55 heavy (non-hydrogen) atoms. The zero-order valence-corrected chi connectivity index (χ0v) is 32.9. The van der Waals surface area contributed by atoms with Crippen LogP contribution in [0.4, 0.5) is 5.69 Å². The second kappa shape index (κ2) is 19.6. The zero-order valence-electron chi connectivity index (χ0n) is 31.3. The molecule has 2 aromatic carbocycles. The van der Waals surface area contributed by atoms with Crippen molar-refractivity contribution in [2.45, 2.75) is 79.7 Å². The number of para-hydroxylation sites is 1. The van der Waals surface area contributed by atoms with Gasteiger partial charge in [-0.15, -0.1) is 0 Å². The van der Waals surface area contributed by atoms with Crippen LogP contribution in [-0.2, 0) is 38.6 Å².